The fourth-order valence-corrected chi connectivity index (χ4v) is 1.77. The molecule has 0 fully saturated rings. The van der Waals surface area contributed by atoms with Gasteiger partial charge in [-0.3, -0.25) is 9.78 Å². The maximum atomic E-state index is 12.0. The Labute approximate surface area is 134 Å². The van der Waals surface area contributed by atoms with Crippen molar-refractivity contribution in [2.45, 2.75) is 6.54 Å². The number of nitriles is 1. The van der Waals surface area contributed by atoms with Gasteiger partial charge in [-0.2, -0.15) is 5.26 Å². The Hall–Kier alpha value is -3.33. The normalized spacial score (nSPS) is 10.5. The summed E-state index contributed by atoms with van der Waals surface area (Å²) in [6.07, 6.45) is 4.69. The maximum absolute atomic E-state index is 12.0. The van der Waals surface area contributed by atoms with Gasteiger partial charge >= 0.3 is 0 Å². The molecular weight excluding hydrogens is 292 g/mol. The van der Waals surface area contributed by atoms with Crippen LogP contribution in [0.25, 0.3) is 0 Å². The van der Waals surface area contributed by atoms with Crippen molar-refractivity contribution in [3.05, 3.63) is 66.1 Å². The summed E-state index contributed by atoms with van der Waals surface area (Å²) in [6, 6.07) is 12.7. The van der Waals surface area contributed by atoms with Crippen molar-refractivity contribution >= 4 is 11.6 Å². The molecule has 0 saturated heterocycles. The van der Waals surface area contributed by atoms with Crippen LogP contribution in [0.2, 0.25) is 0 Å². The second-order valence-corrected chi connectivity index (χ2v) is 4.59. The molecule has 0 aliphatic carbocycles. The Balaban J connectivity index is 1.94. The standard InChI is InChI=1S/C17H16N4O2/c1-23-16-6-4-15(5-7-16)20-12-14(9-18)17(22)21-11-13-3-2-8-19-10-13/h2-8,10,12,20H,11H2,1H3,(H,21,22)/b14-12-. The Bertz CT molecular complexity index is 719. The van der Waals surface area contributed by atoms with Gasteiger partial charge in [-0.05, 0) is 35.9 Å². The quantitative estimate of drug-likeness (QED) is 0.631. The third-order valence-corrected chi connectivity index (χ3v) is 3.01. The van der Waals surface area contributed by atoms with E-state index in [1.165, 1.54) is 6.20 Å². The fourth-order valence-electron chi connectivity index (χ4n) is 1.77. The van der Waals surface area contributed by atoms with Gasteiger partial charge in [0.05, 0.1) is 7.11 Å². The fraction of sp³-hybridized carbons (Fsp3) is 0.118. The third kappa shape index (κ3) is 4.86. The molecule has 6 nitrogen and oxygen atoms in total. The summed E-state index contributed by atoms with van der Waals surface area (Å²) in [5, 5.41) is 14.7. The van der Waals surface area contributed by atoms with E-state index in [-0.39, 0.29) is 5.57 Å². The zero-order valence-electron chi connectivity index (χ0n) is 12.6. The van der Waals surface area contributed by atoms with E-state index in [4.69, 9.17) is 10.00 Å². The average molecular weight is 308 g/mol. The highest BCUT2D eigenvalue weighted by atomic mass is 16.5. The number of methoxy groups -OCH3 is 1. The number of carbonyl (C=O) groups excluding carboxylic acids is 1. The van der Waals surface area contributed by atoms with Crippen LogP contribution < -0.4 is 15.4 Å². The van der Waals surface area contributed by atoms with Crippen molar-refractivity contribution in [1.82, 2.24) is 10.3 Å². The van der Waals surface area contributed by atoms with Gasteiger partial charge in [-0.15, -0.1) is 0 Å². The second kappa shape index (κ2) is 8.20. The lowest BCUT2D eigenvalue weighted by Gasteiger charge is -2.06. The number of nitrogens with zero attached hydrogens (tertiary/aromatic N) is 2. The molecule has 0 radical (unpaired) electrons. The monoisotopic (exact) mass is 308 g/mol. The maximum Gasteiger partial charge on any atom is 0.263 e. The van der Waals surface area contributed by atoms with Crippen LogP contribution >= 0.6 is 0 Å². The number of rotatable bonds is 6. The smallest absolute Gasteiger partial charge is 0.263 e. The predicted octanol–water partition coefficient (Wildman–Crippen LogP) is 2.23. The first-order chi connectivity index (χ1) is 11.2. The molecule has 1 aromatic heterocycles. The zero-order valence-corrected chi connectivity index (χ0v) is 12.6. The van der Waals surface area contributed by atoms with Crippen molar-refractivity contribution in [2.24, 2.45) is 0 Å². The van der Waals surface area contributed by atoms with E-state index in [2.05, 4.69) is 15.6 Å². The molecule has 6 heteroatoms. The van der Waals surface area contributed by atoms with Gasteiger partial charge in [0, 0.05) is 30.8 Å². The van der Waals surface area contributed by atoms with E-state index in [0.717, 1.165) is 17.0 Å². The minimum atomic E-state index is -0.447. The zero-order chi connectivity index (χ0) is 16.5. The Morgan fingerprint density at radius 2 is 2.13 bits per heavy atom. The second-order valence-electron chi connectivity index (χ2n) is 4.59. The van der Waals surface area contributed by atoms with Crippen molar-refractivity contribution in [1.29, 1.82) is 5.26 Å². The third-order valence-electron chi connectivity index (χ3n) is 3.01. The van der Waals surface area contributed by atoms with Gasteiger partial charge in [-0.25, -0.2) is 0 Å². The van der Waals surface area contributed by atoms with Crippen LogP contribution in [-0.2, 0) is 11.3 Å². The van der Waals surface area contributed by atoms with Gasteiger partial charge in [0.15, 0.2) is 0 Å². The number of amides is 1. The van der Waals surface area contributed by atoms with Gasteiger partial charge in [-0.1, -0.05) is 6.07 Å². The van der Waals surface area contributed by atoms with E-state index >= 15 is 0 Å². The average Bonchev–Trinajstić information content (AvgIpc) is 2.62. The SMILES string of the molecule is COc1ccc(N/C=C(/C#N)C(=O)NCc2cccnc2)cc1. The van der Waals surface area contributed by atoms with E-state index in [1.807, 2.05) is 12.1 Å². The first kappa shape index (κ1) is 16.0. The highest BCUT2D eigenvalue weighted by Gasteiger charge is 2.08. The van der Waals surface area contributed by atoms with Gasteiger partial charge in [0.2, 0.25) is 0 Å². The van der Waals surface area contributed by atoms with Gasteiger partial charge in [0.25, 0.3) is 5.91 Å². The highest BCUT2D eigenvalue weighted by Crippen LogP contribution is 2.15. The first-order valence-electron chi connectivity index (χ1n) is 6.91. The summed E-state index contributed by atoms with van der Waals surface area (Å²) in [5.41, 5.74) is 1.60. The number of anilines is 1. The number of nitrogens with one attached hydrogen (secondary N) is 2. The lowest BCUT2D eigenvalue weighted by molar-refractivity contribution is -0.117. The van der Waals surface area contributed by atoms with E-state index < -0.39 is 5.91 Å². The van der Waals surface area contributed by atoms with Crippen molar-refractivity contribution in [2.75, 3.05) is 12.4 Å². The molecule has 2 rings (SSSR count). The molecule has 116 valence electrons. The Kier molecular flexibility index (Phi) is 5.72. The highest BCUT2D eigenvalue weighted by molar-refractivity contribution is 5.97. The number of hydrogen-bond acceptors (Lipinski definition) is 5. The summed E-state index contributed by atoms with van der Waals surface area (Å²) < 4.78 is 5.06. The summed E-state index contributed by atoms with van der Waals surface area (Å²) in [6.45, 7) is 0.314. The molecule has 0 saturated carbocycles. The van der Waals surface area contributed by atoms with Crippen LogP contribution in [0.1, 0.15) is 5.56 Å². The summed E-state index contributed by atoms with van der Waals surface area (Å²) in [4.78, 5) is 16.0. The predicted molar refractivity (Wildman–Crippen MR) is 86.4 cm³/mol. The topological polar surface area (TPSA) is 87.0 Å². The van der Waals surface area contributed by atoms with Crippen molar-refractivity contribution < 1.29 is 9.53 Å². The van der Waals surface area contributed by atoms with Crippen LogP contribution in [0.3, 0.4) is 0 Å². The van der Waals surface area contributed by atoms with Crippen molar-refractivity contribution in [3.63, 3.8) is 0 Å². The first-order valence-corrected chi connectivity index (χ1v) is 6.91. The minimum Gasteiger partial charge on any atom is -0.497 e. The van der Waals surface area contributed by atoms with E-state index in [1.54, 1.807) is 49.8 Å². The van der Waals surface area contributed by atoms with E-state index in [0.29, 0.717) is 6.54 Å². The lowest BCUT2D eigenvalue weighted by Crippen LogP contribution is -2.24. The Morgan fingerprint density at radius 1 is 1.35 bits per heavy atom. The molecule has 0 aliphatic heterocycles. The molecular formula is C17H16N4O2. The summed E-state index contributed by atoms with van der Waals surface area (Å²) in [5.74, 6) is 0.284. The molecule has 1 amide bonds. The number of aromatic nitrogens is 1. The molecule has 23 heavy (non-hydrogen) atoms. The molecule has 0 aliphatic rings. The van der Waals surface area contributed by atoms with Gasteiger partial charge in [0.1, 0.15) is 17.4 Å². The molecule has 1 aromatic carbocycles. The van der Waals surface area contributed by atoms with Crippen LogP contribution in [0.15, 0.2) is 60.6 Å². The van der Waals surface area contributed by atoms with Crippen LogP contribution in [0, 0.1) is 11.3 Å². The van der Waals surface area contributed by atoms with Gasteiger partial charge < -0.3 is 15.4 Å². The molecule has 2 N–H and O–H groups in total. The summed E-state index contributed by atoms with van der Waals surface area (Å²) >= 11 is 0. The van der Waals surface area contributed by atoms with Crippen LogP contribution in [0.4, 0.5) is 5.69 Å². The Morgan fingerprint density at radius 3 is 2.74 bits per heavy atom. The number of ether oxygens (including phenoxy) is 1. The molecule has 2 aromatic rings. The molecule has 0 atom stereocenters. The van der Waals surface area contributed by atoms with E-state index in [9.17, 15) is 4.79 Å². The largest absolute Gasteiger partial charge is 0.497 e. The van der Waals surface area contributed by atoms with Crippen LogP contribution in [0.5, 0.6) is 5.75 Å². The van der Waals surface area contributed by atoms with Crippen LogP contribution in [-0.4, -0.2) is 18.0 Å². The molecule has 0 unspecified atom stereocenters. The molecule has 0 bridgehead atoms. The number of carbonyl (C=O) groups is 1. The lowest BCUT2D eigenvalue weighted by atomic mass is 10.2. The summed E-state index contributed by atoms with van der Waals surface area (Å²) in [7, 11) is 1.59. The minimum absolute atomic E-state index is 0.00953. The molecule has 1 heterocycles. The molecule has 0 spiro atoms. The van der Waals surface area contributed by atoms with Crippen molar-refractivity contribution in [3.8, 4) is 11.8 Å². The number of benzene rings is 1. The number of pyridine rings is 1. The number of hydrogen-bond donors (Lipinski definition) is 2.